The molecule has 1 N–H and O–H groups in total. The van der Waals surface area contributed by atoms with E-state index in [1.807, 2.05) is 17.5 Å². The van der Waals surface area contributed by atoms with Crippen molar-refractivity contribution < 1.29 is 9.59 Å². The van der Waals surface area contributed by atoms with Gasteiger partial charge < -0.3 is 0 Å². The summed E-state index contributed by atoms with van der Waals surface area (Å²) in [5.74, 6) is -1.28. The first-order chi connectivity index (χ1) is 6.42. The van der Waals surface area contributed by atoms with Crippen LogP contribution in [-0.2, 0) is 9.59 Å². The molecule has 1 aliphatic heterocycles. The minimum Gasteiger partial charge on any atom is -0.293 e. The van der Waals surface area contributed by atoms with E-state index in [4.69, 9.17) is 10.5 Å². The zero-order chi connectivity index (χ0) is 10.8. The number of nitrogens with one attached hydrogen (secondary N) is 1. The van der Waals surface area contributed by atoms with Crippen molar-refractivity contribution in [3.8, 4) is 12.1 Å². The number of fused-ring (bicyclic) bond motifs is 1. The molecule has 0 radical (unpaired) electrons. The van der Waals surface area contributed by atoms with Crippen molar-refractivity contribution in [3.05, 3.63) is 0 Å². The van der Waals surface area contributed by atoms with Crippen molar-refractivity contribution in [2.45, 2.75) is 13.8 Å². The van der Waals surface area contributed by atoms with Gasteiger partial charge in [-0.1, -0.05) is 13.8 Å². The quantitative estimate of drug-likeness (QED) is 0.529. The predicted molar refractivity (Wildman–Crippen MR) is 43.0 cm³/mol. The van der Waals surface area contributed by atoms with E-state index < -0.39 is 28.1 Å². The van der Waals surface area contributed by atoms with Gasteiger partial charge in [0.15, 0.2) is 10.8 Å². The molecule has 0 aromatic rings. The largest absolute Gasteiger partial charge is 0.293 e. The van der Waals surface area contributed by atoms with Crippen LogP contribution in [0.1, 0.15) is 13.8 Å². The molecule has 0 aromatic heterocycles. The maximum Gasteiger partial charge on any atom is 0.249 e. The molecule has 5 heteroatoms. The van der Waals surface area contributed by atoms with Crippen molar-refractivity contribution in [1.29, 1.82) is 10.5 Å². The molecule has 2 rings (SSSR count). The molecule has 1 saturated carbocycles. The molecule has 1 aliphatic carbocycles. The molecule has 70 valence electrons. The molecule has 2 atom stereocenters. The standard InChI is InChI=1S/C9H7N3O2/c1-7(2)8(3-10)5(13)12-6(14)9(7,8)4-11/h1-2H3,(H,12,13,14)/t8-,9-/m1/s1. The van der Waals surface area contributed by atoms with Gasteiger partial charge in [0.05, 0.1) is 12.1 Å². The number of carbonyl (C=O) groups excluding carboxylic acids is 2. The highest BCUT2D eigenvalue weighted by Gasteiger charge is 2.95. The number of hydrogen-bond acceptors (Lipinski definition) is 4. The number of piperidine rings is 1. The number of nitriles is 2. The van der Waals surface area contributed by atoms with E-state index in [1.165, 1.54) is 0 Å². The SMILES string of the molecule is CC1(C)[C@@]2(C#N)C(=O)NC(=O)[C@]12C#N. The lowest BCUT2D eigenvalue weighted by atomic mass is 9.96. The van der Waals surface area contributed by atoms with Crippen LogP contribution in [0, 0.1) is 38.9 Å². The highest BCUT2D eigenvalue weighted by molar-refractivity contribution is 6.19. The van der Waals surface area contributed by atoms with E-state index in [-0.39, 0.29) is 0 Å². The van der Waals surface area contributed by atoms with E-state index in [1.54, 1.807) is 13.8 Å². The summed E-state index contributed by atoms with van der Waals surface area (Å²) in [4.78, 5) is 22.9. The summed E-state index contributed by atoms with van der Waals surface area (Å²) in [6.07, 6.45) is 0. The highest BCUT2D eigenvalue weighted by atomic mass is 16.2. The van der Waals surface area contributed by atoms with E-state index in [9.17, 15) is 9.59 Å². The maximum absolute atomic E-state index is 11.5. The van der Waals surface area contributed by atoms with Crippen LogP contribution < -0.4 is 5.32 Å². The van der Waals surface area contributed by atoms with E-state index in [2.05, 4.69) is 0 Å². The molecule has 0 unspecified atom stereocenters. The maximum atomic E-state index is 11.5. The first-order valence-corrected chi connectivity index (χ1v) is 4.11. The third-order valence-electron chi connectivity index (χ3n) is 3.62. The highest BCUT2D eigenvalue weighted by Crippen LogP contribution is 2.79. The monoisotopic (exact) mass is 189 g/mol. The summed E-state index contributed by atoms with van der Waals surface area (Å²) in [5.41, 5.74) is -3.85. The third-order valence-corrected chi connectivity index (χ3v) is 3.62. The normalized spacial score (nSPS) is 42.0. The van der Waals surface area contributed by atoms with Gasteiger partial charge in [0.25, 0.3) is 0 Å². The molecule has 14 heavy (non-hydrogen) atoms. The van der Waals surface area contributed by atoms with Gasteiger partial charge in [-0.25, -0.2) is 0 Å². The molecule has 1 saturated heterocycles. The Labute approximate surface area is 80.3 Å². The van der Waals surface area contributed by atoms with Crippen molar-refractivity contribution >= 4 is 11.8 Å². The van der Waals surface area contributed by atoms with Gasteiger partial charge in [0.2, 0.25) is 11.8 Å². The number of rotatable bonds is 0. The molecule has 0 aromatic carbocycles. The minimum atomic E-state index is -1.48. The van der Waals surface area contributed by atoms with Crippen molar-refractivity contribution in [2.24, 2.45) is 16.2 Å². The number of nitrogens with zero attached hydrogens (tertiary/aromatic N) is 2. The van der Waals surface area contributed by atoms with Gasteiger partial charge in [0, 0.05) is 5.41 Å². The Hall–Kier alpha value is -1.88. The van der Waals surface area contributed by atoms with Gasteiger partial charge >= 0.3 is 0 Å². The van der Waals surface area contributed by atoms with Crippen LogP contribution in [0.15, 0.2) is 0 Å². The van der Waals surface area contributed by atoms with Gasteiger partial charge in [-0.2, -0.15) is 10.5 Å². The topological polar surface area (TPSA) is 93.8 Å². The number of amides is 2. The summed E-state index contributed by atoms with van der Waals surface area (Å²) < 4.78 is 0. The van der Waals surface area contributed by atoms with Crippen molar-refractivity contribution in [3.63, 3.8) is 0 Å². The number of imide groups is 1. The summed E-state index contributed by atoms with van der Waals surface area (Å²) >= 11 is 0. The predicted octanol–water partition coefficient (Wildman–Crippen LogP) is -0.297. The summed E-state index contributed by atoms with van der Waals surface area (Å²) in [5, 5.41) is 20.0. The second-order valence-electron chi connectivity index (χ2n) is 4.13. The minimum absolute atomic E-state index is 0.642. The second kappa shape index (κ2) is 1.80. The zero-order valence-electron chi connectivity index (χ0n) is 7.71. The van der Waals surface area contributed by atoms with Gasteiger partial charge in [0.1, 0.15) is 0 Å². The molecular weight excluding hydrogens is 182 g/mol. The Balaban J connectivity index is 2.74. The van der Waals surface area contributed by atoms with Gasteiger partial charge in [-0.15, -0.1) is 0 Å². The fraction of sp³-hybridized carbons (Fsp3) is 0.556. The fourth-order valence-electron chi connectivity index (χ4n) is 2.62. The summed E-state index contributed by atoms with van der Waals surface area (Å²) in [6.45, 7) is 3.19. The Morgan fingerprint density at radius 2 is 1.43 bits per heavy atom. The second-order valence-corrected chi connectivity index (χ2v) is 4.13. The van der Waals surface area contributed by atoms with Crippen LogP contribution in [0.2, 0.25) is 0 Å². The Kier molecular flexibility index (Phi) is 1.12. The number of hydrogen-bond donors (Lipinski definition) is 1. The fourth-order valence-corrected chi connectivity index (χ4v) is 2.62. The molecule has 2 amide bonds. The molecule has 0 bridgehead atoms. The molecule has 0 spiro atoms. The van der Waals surface area contributed by atoms with Gasteiger partial charge in [-0.05, 0) is 0 Å². The first-order valence-electron chi connectivity index (χ1n) is 4.11. The van der Waals surface area contributed by atoms with Crippen LogP contribution in [0.25, 0.3) is 0 Å². The molecule has 2 fully saturated rings. The van der Waals surface area contributed by atoms with E-state index in [0.29, 0.717) is 0 Å². The van der Waals surface area contributed by atoms with Crippen LogP contribution in [0.5, 0.6) is 0 Å². The summed E-state index contributed by atoms with van der Waals surface area (Å²) in [6, 6.07) is 3.64. The van der Waals surface area contributed by atoms with Crippen LogP contribution in [-0.4, -0.2) is 11.8 Å². The van der Waals surface area contributed by atoms with E-state index >= 15 is 0 Å². The smallest absolute Gasteiger partial charge is 0.249 e. The lowest BCUT2D eigenvalue weighted by molar-refractivity contribution is -0.130. The summed E-state index contributed by atoms with van der Waals surface area (Å²) in [7, 11) is 0. The Bertz CT molecular complexity index is 414. The molecule has 2 aliphatic rings. The third kappa shape index (κ3) is 0.413. The first kappa shape index (κ1) is 8.71. The van der Waals surface area contributed by atoms with E-state index in [0.717, 1.165) is 0 Å². The lowest BCUT2D eigenvalue weighted by Crippen LogP contribution is -2.35. The Morgan fingerprint density at radius 3 is 1.64 bits per heavy atom. The molecule has 1 heterocycles. The van der Waals surface area contributed by atoms with Crippen LogP contribution in [0.4, 0.5) is 0 Å². The van der Waals surface area contributed by atoms with Crippen LogP contribution in [0.3, 0.4) is 0 Å². The molecular formula is C9H7N3O2. The average Bonchev–Trinajstić information content (AvgIpc) is 2.43. The number of carbonyl (C=O) groups is 2. The van der Waals surface area contributed by atoms with Crippen molar-refractivity contribution in [2.75, 3.05) is 0 Å². The van der Waals surface area contributed by atoms with Gasteiger partial charge in [-0.3, -0.25) is 14.9 Å². The molecule has 5 nitrogen and oxygen atoms in total. The Morgan fingerprint density at radius 1 is 1.07 bits per heavy atom. The lowest BCUT2D eigenvalue weighted by Gasteiger charge is -2.10. The average molecular weight is 189 g/mol. The van der Waals surface area contributed by atoms with Crippen molar-refractivity contribution in [1.82, 2.24) is 5.32 Å². The zero-order valence-corrected chi connectivity index (χ0v) is 7.71. The van der Waals surface area contributed by atoms with Crippen LogP contribution >= 0.6 is 0 Å².